The zero-order valence-electron chi connectivity index (χ0n) is 10.0. The average molecular weight is 270 g/mol. The van der Waals surface area contributed by atoms with E-state index >= 15 is 0 Å². The Morgan fingerprint density at radius 2 is 1.63 bits per heavy atom. The molecule has 19 heavy (non-hydrogen) atoms. The predicted octanol–water partition coefficient (Wildman–Crippen LogP) is 3.64. The number of hydrogen-bond acceptors (Lipinski definition) is 3. The highest BCUT2D eigenvalue weighted by atomic mass is 35.5. The molecule has 0 saturated carbocycles. The Balaban J connectivity index is 1.86. The second-order valence-electron chi connectivity index (χ2n) is 3.79. The lowest BCUT2D eigenvalue weighted by Gasteiger charge is -1.99. The van der Waals surface area contributed by atoms with E-state index < -0.39 is 0 Å². The molecule has 0 bridgehead atoms. The fourth-order valence-corrected chi connectivity index (χ4v) is 1.52. The summed E-state index contributed by atoms with van der Waals surface area (Å²) in [6.45, 7) is 0.362. The lowest BCUT2D eigenvalue weighted by atomic mass is 10.2. The van der Waals surface area contributed by atoms with Crippen LogP contribution in [0, 0.1) is 11.3 Å². The Morgan fingerprint density at radius 1 is 1.00 bits per heavy atom. The maximum absolute atomic E-state index is 8.66. The zero-order valence-corrected chi connectivity index (χ0v) is 10.8. The molecular weight excluding hydrogens is 260 g/mol. The highest BCUT2D eigenvalue weighted by molar-refractivity contribution is 6.30. The molecule has 4 heteroatoms. The summed E-state index contributed by atoms with van der Waals surface area (Å²) >= 11 is 5.78. The van der Waals surface area contributed by atoms with E-state index in [0.717, 1.165) is 11.1 Å². The van der Waals surface area contributed by atoms with E-state index in [4.69, 9.17) is 21.7 Å². The van der Waals surface area contributed by atoms with Crippen molar-refractivity contribution in [3.05, 3.63) is 70.2 Å². The van der Waals surface area contributed by atoms with Crippen molar-refractivity contribution in [3.8, 4) is 6.07 Å². The summed E-state index contributed by atoms with van der Waals surface area (Å²) in [5.41, 5.74) is 2.34. The van der Waals surface area contributed by atoms with Crippen LogP contribution < -0.4 is 0 Å². The summed E-state index contributed by atoms with van der Waals surface area (Å²) in [4.78, 5) is 5.13. The Kier molecular flexibility index (Phi) is 4.54. The van der Waals surface area contributed by atoms with Crippen molar-refractivity contribution in [2.24, 2.45) is 5.16 Å². The quantitative estimate of drug-likeness (QED) is 0.628. The smallest absolute Gasteiger partial charge is 0.142 e. The van der Waals surface area contributed by atoms with E-state index in [1.165, 1.54) is 0 Å². The summed E-state index contributed by atoms with van der Waals surface area (Å²) in [5, 5.41) is 13.1. The van der Waals surface area contributed by atoms with Crippen molar-refractivity contribution in [1.29, 1.82) is 5.26 Å². The SMILES string of the molecule is N#Cc1ccc(/[C]=N\OCc2ccc(Cl)cc2)cc1. The first-order valence-corrected chi connectivity index (χ1v) is 5.98. The number of nitrogens with zero attached hydrogens (tertiary/aromatic N) is 2. The van der Waals surface area contributed by atoms with Crippen LogP contribution in [-0.2, 0) is 11.4 Å². The molecule has 0 atom stereocenters. The normalized spacial score (nSPS) is 10.3. The zero-order chi connectivity index (χ0) is 13.5. The molecule has 93 valence electrons. The fraction of sp³-hybridized carbons (Fsp3) is 0.0667. The first kappa shape index (κ1) is 13.1. The van der Waals surface area contributed by atoms with Gasteiger partial charge in [-0.15, -0.1) is 0 Å². The van der Waals surface area contributed by atoms with Crippen molar-refractivity contribution in [2.45, 2.75) is 6.61 Å². The van der Waals surface area contributed by atoms with E-state index in [1.54, 1.807) is 36.4 Å². The molecule has 0 fully saturated rings. The summed E-state index contributed by atoms with van der Waals surface area (Å²) in [5.74, 6) is 0. The molecule has 2 aromatic rings. The highest BCUT2D eigenvalue weighted by Crippen LogP contribution is 2.10. The van der Waals surface area contributed by atoms with Crippen LogP contribution in [0.2, 0.25) is 5.02 Å². The summed E-state index contributed by atoms with van der Waals surface area (Å²) in [6, 6.07) is 16.3. The first-order valence-electron chi connectivity index (χ1n) is 5.60. The van der Waals surface area contributed by atoms with Crippen LogP contribution in [0.15, 0.2) is 53.7 Å². The molecule has 0 saturated heterocycles. The van der Waals surface area contributed by atoms with Gasteiger partial charge in [0.2, 0.25) is 0 Å². The van der Waals surface area contributed by atoms with Gasteiger partial charge in [0.25, 0.3) is 0 Å². The molecule has 0 unspecified atom stereocenters. The Hall–Kier alpha value is -2.31. The third-order valence-corrected chi connectivity index (χ3v) is 2.65. The number of halogens is 1. The van der Waals surface area contributed by atoms with Gasteiger partial charge in [-0.25, -0.2) is 0 Å². The van der Waals surface area contributed by atoms with Gasteiger partial charge < -0.3 is 4.84 Å². The molecule has 0 amide bonds. The van der Waals surface area contributed by atoms with Crippen LogP contribution in [-0.4, -0.2) is 6.21 Å². The number of hydrogen-bond donors (Lipinski definition) is 0. The molecule has 0 aliphatic carbocycles. The van der Waals surface area contributed by atoms with Gasteiger partial charge in [-0.1, -0.05) is 41.0 Å². The first-order chi connectivity index (χ1) is 9.28. The molecule has 0 N–H and O–H groups in total. The summed E-state index contributed by atoms with van der Waals surface area (Å²) in [7, 11) is 0. The standard InChI is InChI=1S/C15H10ClN2O/c16-15-7-5-14(6-8-15)11-19-18-10-13-3-1-12(9-17)2-4-13/h1-8H,11H2. The number of benzene rings is 2. The molecule has 1 radical (unpaired) electrons. The molecule has 2 rings (SSSR count). The van der Waals surface area contributed by atoms with Gasteiger partial charge in [-0.05, 0) is 29.8 Å². The fourth-order valence-electron chi connectivity index (χ4n) is 1.39. The van der Waals surface area contributed by atoms with Crippen LogP contribution in [0.5, 0.6) is 0 Å². The van der Waals surface area contributed by atoms with E-state index in [9.17, 15) is 0 Å². The van der Waals surface area contributed by atoms with Gasteiger partial charge in [0.15, 0.2) is 0 Å². The van der Waals surface area contributed by atoms with Crippen molar-refractivity contribution >= 4 is 17.8 Å². The highest BCUT2D eigenvalue weighted by Gasteiger charge is 1.94. The van der Waals surface area contributed by atoms with Crippen LogP contribution in [0.1, 0.15) is 16.7 Å². The molecule has 3 nitrogen and oxygen atoms in total. The summed E-state index contributed by atoms with van der Waals surface area (Å²) < 4.78 is 0. The molecule has 0 spiro atoms. The molecule has 0 aliphatic rings. The van der Waals surface area contributed by atoms with Gasteiger partial charge >= 0.3 is 0 Å². The van der Waals surface area contributed by atoms with Crippen LogP contribution in [0.3, 0.4) is 0 Å². The van der Waals surface area contributed by atoms with Crippen molar-refractivity contribution in [1.82, 2.24) is 0 Å². The van der Waals surface area contributed by atoms with Crippen LogP contribution in [0.4, 0.5) is 0 Å². The van der Waals surface area contributed by atoms with Gasteiger partial charge in [0, 0.05) is 10.6 Å². The van der Waals surface area contributed by atoms with Crippen molar-refractivity contribution in [2.75, 3.05) is 0 Å². The van der Waals surface area contributed by atoms with Gasteiger partial charge in [-0.2, -0.15) is 5.26 Å². The molecule has 2 aromatic carbocycles. The minimum absolute atomic E-state index is 0.362. The summed E-state index contributed by atoms with van der Waals surface area (Å²) in [6.07, 6.45) is 2.74. The Bertz CT molecular complexity index is 598. The predicted molar refractivity (Wildman–Crippen MR) is 73.9 cm³/mol. The minimum Gasteiger partial charge on any atom is -0.390 e. The van der Waals surface area contributed by atoms with Gasteiger partial charge in [-0.3, -0.25) is 0 Å². The second-order valence-corrected chi connectivity index (χ2v) is 4.23. The van der Waals surface area contributed by atoms with Gasteiger partial charge in [0.1, 0.15) is 12.8 Å². The van der Waals surface area contributed by atoms with Crippen LogP contribution >= 0.6 is 11.6 Å². The van der Waals surface area contributed by atoms with E-state index in [1.807, 2.05) is 18.2 Å². The monoisotopic (exact) mass is 269 g/mol. The average Bonchev–Trinajstić information content (AvgIpc) is 2.46. The number of rotatable bonds is 4. The molecule has 0 aliphatic heterocycles. The number of nitriles is 1. The molecule has 0 heterocycles. The lowest BCUT2D eigenvalue weighted by Crippen LogP contribution is -1.88. The van der Waals surface area contributed by atoms with Gasteiger partial charge in [0.05, 0.1) is 11.6 Å². The maximum atomic E-state index is 8.66. The van der Waals surface area contributed by atoms with Crippen molar-refractivity contribution < 1.29 is 4.84 Å². The third-order valence-electron chi connectivity index (χ3n) is 2.40. The van der Waals surface area contributed by atoms with E-state index in [2.05, 4.69) is 11.4 Å². The minimum atomic E-state index is 0.362. The third kappa shape index (κ3) is 4.13. The topological polar surface area (TPSA) is 45.4 Å². The Morgan fingerprint density at radius 3 is 2.26 bits per heavy atom. The van der Waals surface area contributed by atoms with Crippen molar-refractivity contribution in [3.63, 3.8) is 0 Å². The van der Waals surface area contributed by atoms with E-state index in [0.29, 0.717) is 17.2 Å². The van der Waals surface area contributed by atoms with Crippen LogP contribution in [0.25, 0.3) is 0 Å². The second kappa shape index (κ2) is 6.58. The molecular formula is C15H10ClN2O. The maximum Gasteiger partial charge on any atom is 0.142 e. The lowest BCUT2D eigenvalue weighted by molar-refractivity contribution is 0.132. The molecule has 0 aromatic heterocycles. The van der Waals surface area contributed by atoms with E-state index in [-0.39, 0.29) is 0 Å². The largest absolute Gasteiger partial charge is 0.390 e. The Labute approximate surface area is 116 Å².